The Morgan fingerprint density at radius 1 is 1.07 bits per heavy atom. The van der Waals surface area contributed by atoms with Crippen LogP contribution in [-0.4, -0.2) is 84.2 Å². The number of amides is 2. The van der Waals surface area contributed by atoms with E-state index >= 15 is 0 Å². The van der Waals surface area contributed by atoms with Gasteiger partial charge < -0.3 is 29.2 Å². The van der Waals surface area contributed by atoms with E-state index in [0.717, 1.165) is 29.3 Å². The molecule has 14 nitrogen and oxygen atoms in total. The maximum absolute atomic E-state index is 14.6. The Labute approximate surface area is 335 Å². The molecule has 5 heterocycles. The van der Waals surface area contributed by atoms with Crippen molar-refractivity contribution in [3.63, 3.8) is 0 Å². The molecule has 0 bridgehead atoms. The number of aryl methyl sites for hydroxylation is 1. The quantitative estimate of drug-likeness (QED) is 0.185. The van der Waals surface area contributed by atoms with E-state index in [2.05, 4.69) is 20.4 Å². The van der Waals surface area contributed by atoms with Crippen molar-refractivity contribution in [1.29, 1.82) is 0 Å². The first-order valence-electron chi connectivity index (χ1n) is 18.9. The Balaban J connectivity index is 1.12. The van der Waals surface area contributed by atoms with E-state index in [-0.39, 0.29) is 59.9 Å². The molecule has 1 saturated heterocycles. The highest BCUT2D eigenvalue weighted by Crippen LogP contribution is 2.39. The van der Waals surface area contributed by atoms with Gasteiger partial charge in [-0.25, -0.2) is 9.97 Å². The number of ether oxygens (including phenoxy) is 2. The van der Waals surface area contributed by atoms with E-state index in [1.165, 1.54) is 10.8 Å². The summed E-state index contributed by atoms with van der Waals surface area (Å²) in [6.07, 6.45) is 0.802. The third-order valence-electron chi connectivity index (χ3n) is 10.8. The lowest BCUT2D eigenvalue weighted by Crippen LogP contribution is -2.67. The van der Waals surface area contributed by atoms with Crippen LogP contribution in [0.3, 0.4) is 0 Å². The van der Waals surface area contributed by atoms with Crippen molar-refractivity contribution in [2.24, 2.45) is 0 Å². The van der Waals surface area contributed by atoms with Gasteiger partial charge in [-0.05, 0) is 61.9 Å². The SMILES string of the molecule is CCc1c(N2CCN(C(=O)c3ncnc(C)c3OCc3ccccc3)[C@@H]3CC[C@@H]32)c(=O)n2nc(C3=CCOCC3)nc2n1CC(=O)Nc1ccc(C(F)(F)F)cc1Cl. The van der Waals surface area contributed by atoms with Crippen LogP contribution in [0.25, 0.3) is 11.4 Å². The number of nitrogens with one attached hydrogen (secondary N) is 1. The monoisotopic (exact) mass is 817 g/mol. The third-order valence-corrected chi connectivity index (χ3v) is 11.1. The summed E-state index contributed by atoms with van der Waals surface area (Å²) in [6, 6.07) is 11.8. The summed E-state index contributed by atoms with van der Waals surface area (Å²) in [7, 11) is 0. The van der Waals surface area contributed by atoms with Crippen LogP contribution in [0.15, 0.2) is 65.7 Å². The van der Waals surface area contributed by atoms with Gasteiger partial charge in [-0.3, -0.25) is 14.4 Å². The van der Waals surface area contributed by atoms with Gasteiger partial charge in [0, 0.05) is 19.1 Å². The number of aromatic nitrogens is 6. The number of hydrogen-bond donors (Lipinski definition) is 1. The Bertz CT molecular complexity index is 2490. The van der Waals surface area contributed by atoms with Crippen LogP contribution < -0.4 is 20.5 Å². The Kier molecular flexibility index (Phi) is 10.7. The highest BCUT2D eigenvalue weighted by Gasteiger charge is 2.47. The second-order valence-electron chi connectivity index (χ2n) is 14.3. The fourth-order valence-electron chi connectivity index (χ4n) is 7.81. The van der Waals surface area contributed by atoms with Crippen molar-refractivity contribution in [1.82, 2.24) is 34.0 Å². The largest absolute Gasteiger partial charge is 0.485 e. The number of anilines is 2. The predicted octanol–water partition coefficient (Wildman–Crippen LogP) is 5.74. The first kappa shape index (κ1) is 39.0. The molecule has 1 N–H and O–H groups in total. The molecule has 302 valence electrons. The molecule has 5 aromatic rings. The molecule has 2 atom stereocenters. The van der Waals surface area contributed by atoms with Gasteiger partial charge in [0.1, 0.15) is 25.2 Å². The summed E-state index contributed by atoms with van der Waals surface area (Å²) >= 11 is 6.19. The summed E-state index contributed by atoms with van der Waals surface area (Å²) in [5.41, 5.74) is 1.89. The van der Waals surface area contributed by atoms with Gasteiger partial charge in [-0.2, -0.15) is 22.7 Å². The molecule has 3 aromatic heterocycles. The zero-order valence-electron chi connectivity index (χ0n) is 31.6. The number of rotatable bonds is 10. The average Bonchev–Trinajstić information content (AvgIpc) is 3.66. The fourth-order valence-corrected chi connectivity index (χ4v) is 8.04. The number of carbonyl (C=O) groups is 2. The number of benzene rings is 2. The van der Waals surface area contributed by atoms with Gasteiger partial charge in [0.25, 0.3) is 11.5 Å². The number of fused-ring (bicyclic) bond motifs is 2. The van der Waals surface area contributed by atoms with Crippen LogP contribution in [0, 0.1) is 6.92 Å². The average molecular weight is 818 g/mol. The lowest BCUT2D eigenvalue weighted by atomic mass is 9.81. The second kappa shape index (κ2) is 15.9. The maximum atomic E-state index is 14.6. The number of carbonyl (C=O) groups excluding carboxylic acids is 2. The molecule has 2 aliphatic heterocycles. The molecule has 8 rings (SSSR count). The standard InChI is InChI=1S/C40H39ClF3N9O5/c1-3-29-34(50-15-16-51(31-12-11-30(31)50)37(55)33-35(23(2)45-22-46-33)58-21-24-7-5-4-6-8-24)38(56)53-39(48-36(49-53)25-13-17-57-18-14-25)52(29)20-32(54)47-28-10-9-26(19-27(28)41)40(42,43)44/h4-10,13,19,22,30-31H,3,11-12,14-18,20-21H2,1-2H3,(H,47,54)/t30-,31+/m0/s1. The molecule has 0 spiro atoms. The zero-order valence-corrected chi connectivity index (χ0v) is 32.4. The second-order valence-corrected chi connectivity index (χ2v) is 14.7. The molecule has 58 heavy (non-hydrogen) atoms. The Hall–Kier alpha value is -5.81. The van der Waals surface area contributed by atoms with Crippen LogP contribution in [-0.2, 0) is 35.3 Å². The summed E-state index contributed by atoms with van der Waals surface area (Å²) in [6.45, 7) is 4.87. The summed E-state index contributed by atoms with van der Waals surface area (Å²) < 4.78 is 54.4. The van der Waals surface area contributed by atoms with E-state index in [1.807, 2.05) is 48.2 Å². The topological polar surface area (TPSA) is 149 Å². The third kappa shape index (κ3) is 7.39. The molecule has 1 saturated carbocycles. The van der Waals surface area contributed by atoms with Crippen LogP contribution >= 0.6 is 11.6 Å². The molecule has 2 amide bonds. The van der Waals surface area contributed by atoms with Gasteiger partial charge in [-0.1, -0.05) is 54.9 Å². The van der Waals surface area contributed by atoms with Gasteiger partial charge in [0.2, 0.25) is 11.7 Å². The van der Waals surface area contributed by atoms with Crippen LogP contribution in [0.2, 0.25) is 5.02 Å². The van der Waals surface area contributed by atoms with Gasteiger partial charge >= 0.3 is 6.18 Å². The number of alkyl halides is 3. The Morgan fingerprint density at radius 2 is 1.86 bits per heavy atom. The molecule has 3 aliphatic rings. The first-order valence-corrected chi connectivity index (χ1v) is 19.3. The highest BCUT2D eigenvalue weighted by atomic mass is 35.5. The number of piperazine rings is 1. The minimum Gasteiger partial charge on any atom is -0.485 e. The molecule has 2 fully saturated rings. The molecule has 0 radical (unpaired) electrons. The van der Waals surface area contributed by atoms with Crippen molar-refractivity contribution >= 4 is 46.1 Å². The number of nitrogens with zero attached hydrogens (tertiary/aromatic N) is 8. The van der Waals surface area contributed by atoms with E-state index in [4.69, 9.17) is 26.1 Å². The summed E-state index contributed by atoms with van der Waals surface area (Å²) in [4.78, 5) is 59.8. The van der Waals surface area contributed by atoms with E-state index in [1.54, 1.807) is 16.4 Å². The Morgan fingerprint density at radius 3 is 2.55 bits per heavy atom. The lowest BCUT2D eigenvalue weighted by molar-refractivity contribution is -0.137. The molecule has 2 aromatic carbocycles. The summed E-state index contributed by atoms with van der Waals surface area (Å²) in [5, 5.41) is 6.98. The van der Waals surface area contributed by atoms with E-state index in [0.29, 0.717) is 74.1 Å². The fraction of sp³-hybridized carbons (Fsp3) is 0.375. The maximum Gasteiger partial charge on any atom is 0.416 e. The van der Waals surface area contributed by atoms with E-state index < -0.39 is 23.2 Å². The molecular weight excluding hydrogens is 779 g/mol. The zero-order chi connectivity index (χ0) is 40.7. The van der Waals surface area contributed by atoms with Crippen LogP contribution in [0.4, 0.5) is 24.5 Å². The van der Waals surface area contributed by atoms with Crippen molar-refractivity contribution in [3.8, 4) is 5.75 Å². The van der Waals surface area contributed by atoms with E-state index in [9.17, 15) is 27.6 Å². The normalized spacial score (nSPS) is 18.1. The summed E-state index contributed by atoms with van der Waals surface area (Å²) in [5.74, 6) is -0.140. The van der Waals surface area contributed by atoms with Crippen LogP contribution in [0.5, 0.6) is 5.75 Å². The lowest BCUT2D eigenvalue weighted by Gasteiger charge is -2.54. The van der Waals surface area contributed by atoms with Crippen molar-refractivity contribution in [2.75, 3.05) is 36.5 Å². The molecule has 1 aliphatic carbocycles. The smallest absolute Gasteiger partial charge is 0.416 e. The minimum absolute atomic E-state index is 0.00451. The molecule has 18 heteroatoms. The number of hydrogen-bond acceptors (Lipinski definition) is 10. The predicted molar refractivity (Wildman–Crippen MR) is 208 cm³/mol. The molecular formula is C40H39ClF3N9O5. The van der Waals surface area contributed by atoms with Crippen molar-refractivity contribution in [2.45, 2.75) is 70.9 Å². The minimum atomic E-state index is -4.61. The highest BCUT2D eigenvalue weighted by molar-refractivity contribution is 6.33. The van der Waals surface area contributed by atoms with Crippen molar-refractivity contribution < 1.29 is 32.2 Å². The van der Waals surface area contributed by atoms with Gasteiger partial charge in [-0.15, -0.1) is 5.10 Å². The van der Waals surface area contributed by atoms with Gasteiger partial charge in [0.15, 0.2) is 17.3 Å². The number of halogens is 4. The van der Waals surface area contributed by atoms with Crippen molar-refractivity contribution in [3.05, 3.63) is 110 Å². The van der Waals surface area contributed by atoms with Crippen LogP contribution in [0.1, 0.15) is 65.0 Å². The van der Waals surface area contributed by atoms with Gasteiger partial charge in [0.05, 0.1) is 46.9 Å². The first-order chi connectivity index (χ1) is 27.9. The molecule has 0 unspecified atom stereocenters.